The van der Waals surface area contributed by atoms with Crippen LogP contribution >= 0.6 is 11.6 Å². The Bertz CT molecular complexity index is 650. The molecule has 0 spiro atoms. The Morgan fingerprint density at radius 3 is 2.48 bits per heavy atom. The van der Waals surface area contributed by atoms with Crippen LogP contribution in [-0.2, 0) is 6.54 Å². The smallest absolute Gasteiger partial charge is 0.163 e. The van der Waals surface area contributed by atoms with Crippen molar-refractivity contribution in [2.75, 3.05) is 19.5 Å². The minimum atomic E-state index is -0.881. The van der Waals surface area contributed by atoms with Crippen molar-refractivity contribution in [3.63, 3.8) is 0 Å². The van der Waals surface area contributed by atoms with Gasteiger partial charge in [-0.2, -0.15) is 0 Å². The zero-order valence-electron chi connectivity index (χ0n) is 11.5. The summed E-state index contributed by atoms with van der Waals surface area (Å²) in [5.41, 5.74) is 0.774. The fourth-order valence-corrected chi connectivity index (χ4v) is 2.11. The van der Waals surface area contributed by atoms with Gasteiger partial charge in [-0.3, -0.25) is 0 Å². The van der Waals surface area contributed by atoms with Crippen LogP contribution < -0.4 is 14.8 Å². The molecule has 1 N–H and O–H groups in total. The highest BCUT2D eigenvalue weighted by Crippen LogP contribution is 2.36. The molecule has 0 saturated carbocycles. The first-order chi connectivity index (χ1) is 10.1. The van der Waals surface area contributed by atoms with Crippen molar-refractivity contribution in [1.29, 1.82) is 0 Å². The van der Waals surface area contributed by atoms with Gasteiger partial charge in [-0.05, 0) is 12.1 Å². The van der Waals surface area contributed by atoms with Gasteiger partial charge in [-0.25, -0.2) is 8.78 Å². The third kappa shape index (κ3) is 3.36. The average Bonchev–Trinajstić information content (AvgIpc) is 2.49. The van der Waals surface area contributed by atoms with Crippen LogP contribution in [0.2, 0.25) is 5.02 Å². The summed E-state index contributed by atoms with van der Waals surface area (Å²) in [6, 6.07) is 7.25. The van der Waals surface area contributed by atoms with Crippen LogP contribution in [0.25, 0.3) is 0 Å². The molecule has 2 aromatic carbocycles. The standard InChI is InChI=1S/C15H14ClF2NO2/c1-20-13-7-14(21-2)12(6-10(13)16)19-8-9-4-3-5-11(17)15(9)18/h3-7,19H,8H2,1-2H3. The molecule has 0 aliphatic carbocycles. The molecular weight excluding hydrogens is 300 g/mol. The number of rotatable bonds is 5. The van der Waals surface area contributed by atoms with Crippen LogP contribution in [0.15, 0.2) is 30.3 Å². The summed E-state index contributed by atoms with van der Waals surface area (Å²) >= 11 is 6.04. The summed E-state index contributed by atoms with van der Waals surface area (Å²) in [6.07, 6.45) is 0. The number of hydrogen-bond acceptors (Lipinski definition) is 3. The van der Waals surface area contributed by atoms with Crippen molar-refractivity contribution >= 4 is 17.3 Å². The lowest BCUT2D eigenvalue weighted by Gasteiger charge is -2.14. The first kappa shape index (κ1) is 15.4. The molecule has 0 amide bonds. The van der Waals surface area contributed by atoms with Gasteiger partial charge in [0.2, 0.25) is 0 Å². The lowest BCUT2D eigenvalue weighted by atomic mass is 10.2. The van der Waals surface area contributed by atoms with Crippen molar-refractivity contribution < 1.29 is 18.3 Å². The minimum Gasteiger partial charge on any atom is -0.495 e. The lowest BCUT2D eigenvalue weighted by molar-refractivity contribution is 0.395. The second-order valence-corrected chi connectivity index (χ2v) is 4.66. The van der Waals surface area contributed by atoms with Gasteiger partial charge in [0.05, 0.1) is 24.9 Å². The monoisotopic (exact) mass is 313 g/mol. The maximum Gasteiger partial charge on any atom is 0.163 e. The molecule has 0 fully saturated rings. The molecule has 0 aliphatic heterocycles. The van der Waals surface area contributed by atoms with E-state index in [2.05, 4.69) is 5.32 Å². The molecule has 0 radical (unpaired) electrons. The van der Waals surface area contributed by atoms with Gasteiger partial charge < -0.3 is 14.8 Å². The molecule has 21 heavy (non-hydrogen) atoms. The van der Waals surface area contributed by atoms with Gasteiger partial charge in [0.15, 0.2) is 11.6 Å². The van der Waals surface area contributed by atoms with Gasteiger partial charge >= 0.3 is 0 Å². The van der Waals surface area contributed by atoms with Crippen LogP contribution in [0.1, 0.15) is 5.56 Å². The number of methoxy groups -OCH3 is 2. The van der Waals surface area contributed by atoms with Crippen molar-refractivity contribution in [2.45, 2.75) is 6.54 Å². The van der Waals surface area contributed by atoms with E-state index in [0.717, 1.165) is 6.07 Å². The van der Waals surface area contributed by atoms with E-state index >= 15 is 0 Å². The summed E-state index contributed by atoms with van der Waals surface area (Å²) < 4.78 is 37.0. The number of anilines is 1. The Hall–Kier alpha value is -2.01. The molecule has 2 aromatic rings. The molecule has 0 heterocycles. The third-order valence-corrected chi connectivity index (χ3v) is 3.27. The van der Waals surface area contributed by atoms with Crippen LogP contribution in [0, 0.1) is 11.6 Å². The summed E-state index contributed by atoms with van der Waals surface area (Å²) in [5, 5.41) is 3.36. The van der Waals surface area contributed by atoms with Crippen LogP contribution in [0.3, 0.4) is 0 Å². The highest BCUT2D eigenvalue weighted by Gasteiger charge is 2.12. The molecule has 2 rings (SSSR count). The second kappa shape index (κ2) is 6.63. The van der Waals surface area contributed by atoms with E-state index in [1.807, 2.05) is 0 Å². The van der Waals surface area contributed by atoms with Gasteiger partial charge in [0.1, 0.15) is 11.5 Å². The van der Waals surface area contributed by atoms with Crippen molar-refractivity contribution in [3.8, 4) is 11.5 Å². The zero-order valence-corrected chi connectivity index (χ0v) is 12.3. The quantitative estimate of drug-likeness (QED) is 0.895. The van der Waals surface area contributed by atoms with E-state index in [4.69, 9.17) is 21.1 Å². The topological polar surface area (TPSA) is 30.5 Å². The normalized spacial score (nSPS) is 10.3. The summed E-state index contributed by atoms with van der Waals surface area (Å²) in [5.74, 6) is -0.790. The second-order valence-electron chi connectivity index (χ2n) is 4.25. The largest absolute Gasteiger partial charge is 0.495 e. The van der Waals surface area contributed by atoms with Gasteiger partial charge in [-0.15, -0.1) is 0 Å². The van der Waals surface area contributed by atoms with Gasteiger partial charge in [0, 0.05) is 18.2 Å². The maximum atomic E-state index is 13.6. The fourth-order valence-electron chi connectivity index (χ4n) is 1.87. The third-order valence-electron chi connectivity index (χ3n) is 2.97. The summed E-state index contributed by atoms with van der Waals surface area (Å²) in [6.45, 7) is 0.0998. The molecule has 112 valence electrons. The van der Waals surface area contributed by atoms with E-state index < -0.39 is 11.6 Å². The van der Waals surface area contributed by atoms with Gasteiger partial charge in [-0.1, -0.05) is 23.7 Å². The molecular formula is C15H14ClF2NO2. The molecule has 0 atom stereocenters. The summed E-state index contributed by atoms with van der Waals surface area (Å²) in [4.78, 5) is 0. The molecule has 0 unspecified atom stereocenters. The Morgan fingerprint density at radius 1 is 1.10 bits per heavy atom. The number of halogens is 3. The maximum absolute atomic E-state index is 13.6. The fraction of sp³-hybridized carbons (Fsp3) is 0.200. The number of benzene rings is 2. The van der Waals surface area contributed by atoms with E-state index in [1.54, 1.807) is 12.1 Å². The van der Waals surface area contributed by atoms with Crippen molar-refractivity contribution in [1.82, 2.24) is 0 Å². The molecule has 0 aliphatic rings. The molecule has 6 heteroatoms. The minimum absolute atomic E-state index is 0.0998. The van der Waals surface area contributed by atoms with E-state index in [1.165, 1.54) is 26.4 Å². The highest BCUT2D eigenvalue weighted by molar-refractivity contribution is 6.32. The predicted octanol–water partition coefficient (Wildman–Crippen LogP) is 4.25. The summed E-state index contributed by atoms with van der Waals surface area (Å²) in [7, 11) is 2.99. The Balaban J connectivity index is 2.23. The number of hydrogen-bond donors (Lipinski definition) is 1. The molecule has 0 aromatic heterocycles. The highest BCUT2D eigenvalue weighted by atomic mass is 35.5. The SMILES string of the molecule is COc1cc(OC)c(NCc2cccc(F)c2F)cc1Cl. The Labute approximate surface area is 126 Å². The average molecular weight is 314 g/mol. The van der Waals surface area contributed by atoms with Crippen LogP contribution in [0.5, 0.6) is 11.5 Å². The van der Waals surface area contributed by atoms with Crippen LogP contribution in [-0.4, -0.2) is 14.2 Å². The van der Waals surface area contributed by atoms with Crippen molar-refractivity contribution in [2.24, 2.45) is 0 Å². The Kier molecular flexibility index (Phi) is 4.85. The molecule has 3 nitrogen and oxygen atoms in total. The van der Waals surface area contributed by atoms with Crippen LogP contribution in [0.4, 0.5) is 14.5 Å². The number of ether oxygens (including phenoxy) is 2. The van der Waals surface area contributed by atoms with E-state index in [9.17, 15) is 8.78 Å². The van der Waals surface area contributed by atoms with Crippen molar-refractivity contribution in [3.05, 3.63) is 52.6 Å². The van der Waals surface area contributed by atoms with E-state index in [-0.39, 0.29) is 12.1 Å². The van der Waals surface area contributed by atoms with E-state index in [0.29, 0.717) is 22.2 Å². The zero-order chi connectivity index (χ0) is 15.4. The molecule has 0 saturated heterocycles. The first-order valence-corrected chi connectivity index (χ1v) is 6.53. The number of nitrogens with one attached hydrogen (secondary N) is 1. The van der Waals surface area contributed by atoms with Gasteiger partial charge in [0.25, 0.3) is 0 Å². The first-order valence-electron chi connectivity index (χ1n) is 6.15. The molecule has 0 bridgehead atoms. The predicted molar refractivity (Wildman–Crippen MR) is 78.2 cm³/mol. The lowest BCUT2D eigenvalue weighted by Crippen LogP contribution is -2.05. The Morgan fingerprint density at radius 2 is 1.81 bits per heavy atom.